The lowest BCUT2D eigenvalue weighted by molar-refractivity contribution is 0.602. The van der Waals surface area contributed by atoms with E-state index in [0.717, 1.165) is 23.9 Å². The lowest BCUT2D eigenvalue weighted by Crippen LogP contribution is -2.01. The molecule has 1 aromatic carbocycles. The summed E-state index contributed by atoms with van der Waals surface area (Å²) in [6.45, 7) is 0.393. The Balaban J connectivity index is 2.07. The molecule has 0 fully saturated rings. The van der Waals surface area contributed by atoms with E-state index in [4.69, 9.17) is 0 Å². The lowest BCUT2D eigenvalue weighted by atomic mass is 10.3. The lowest BCUT2D eigenvalue weighted by Gasteiger charge is -2.05. The number of hydrogen-bond acceptors (Lipinski definition) is 3. The van der Waals surface area contributed by atoms with Gasteiger partial charge >= 0.3 is 0 Å². The van der Waals surface area contributed by atoms with Gasteiger partial charge in [0.1, 0.15) is 11.6 Å². The van der Waals surface area contributed by atoms with Crippen LogP contribution in [0.25, 0.3) is 0 Å². The van der Waals surface area contributed by atoms with Crippen molar-refractivity contribution in [2.45, 2.75) is 6.54 Å². The van der Waals surface area contributed by atoms with Crippen LogP contribution in [0.2, 0.25) is 0 Å². The first-order valence-electron chi connectivity index (χ1n) is 4.31. The highest BCUT2D eigenvalue weighted by Gasteiger charge is 2.03. The molecule has 1 heterocycles. The van der Waals surface area contributed by atoms with Crippen LogP contribution in [0.3, 0.4) is 0 Å². The number of halogens is 2. The topological polar surface area (TPSA) is 24.9 Å². The molecule has 15 heavy (non-hydrogen) atoms. The molecule has 0 saturated heterocycles. The second kappa shape index (κ2) is 4.35. The minimum Gasteiger partial charge on any atom is -0.377 e. The number of aromatic nitrogens is 1. The third kappa shape index (κ3) is 2.50. The Kier molecular flexibility index (Phi) is 2.91. The Morgan fingerprint density at radius 2 is 2.20 bits per heavy atom. The first kappa shape index (κ1) is 10.0. The van der Waals surface area contributed by atoms with Crippen LogP contribution in [0.15, 0.2) is 29.1 Å². The summed E-state index contributed by atoms with van der Waals surface area (Å²) in [6, 6.07) is 3.31. The minimum absolute atomic E-state index is 0.156. The van der Waals surface area contributed by atoms with Crippen molar-refractivity contribution in [3.63, 3.8) is 0 Å². The van der Waals surface area contributed by atoms with Crippen molar-refractivity contribution in [3.05, 3.63) is 46.4 Å². The Morgan fingerprint density at radius 3 is 2.93 bits per heavy atom. The predicted molar refractivity (Wildman–Crippen MR) is 55.8 cm³/mol. The van der Waals surface area contributed by atoms with E-state index in [-0.39, 0.29) is 5.69 Å². The summed E-state index contributed by atoms with van der Waals surface area (Å²) < 4.78 is 25.9. The van der Waals surface area contributed by atoms with Crippen LogP contribution in [0.1, 0.15) is 5.69 Å². The summed E-state index contributed by atoms with van der Waals surface area (Å²) in [5.41, 5.74) is 2.66. The number of thiazole rings is 1. The van der Waals surface area contributed by atoms with Gasteiger partial charge in [0.2, 0.25) is 0 Å². The molecule has 0 aliphatic heterocycles. The molecular formula is C10H8F2N2S. The zero-order chi connectivity index (χ0) is 10.7. The van der Waals surface area contributed by atoms with Crippen molar-refractivity contribution in [1.29, 1.82) is 0 Å². The Morgan fingerprint density at radius 1 is 1.33 bits per heavy atom. The van der Waals surface area contributed by atoms with Crippen molar-refractivity contribution in [3.8, 4) is 0 Å². The predicted octanol–water partition coefficient (Wildman–Crippen LogP) is 3.03. The number of benzene rings is 1. The maximum absolute atomic E-state index is 13.2. The summed E-state index contributed by atoms with van der Waals surface area (Å²) in [5.74, 6) is -0.927. The Hall–Kier alpha value is -1.49. The Labute approximate surface area is 89.6 Å². The molecule has 0 atom stereocenters. The molecule has 0 radical (unpaired) electrons. The molecule has 2 rings (SSSR count). The zero-order valence-electron chi connectivity index (χ0n) is 7.71. The molecule has 1 aromatic heterocycles. The fourth-order valence-electron chi connectivity index (χ4n) is 1.14. The van der Waals surface area contributed by atoms with Gasteiger partial charge in [0.25, 0.3) is 0 Å². The fourth-order valence-corrected chi connectivity index (χ4v) is 1.70. The van der Waals surface area contributed by atoms with E-state index in [2.05, 4.69) is 10.3 Å². The quantitative estimate of drug-likeness (QED) is 0.870. The van der Waals surface area contributed by atoms with Gasteiger partial charge in [-0.1, -0.05) is 0 Å². The van der Waals surface area contributed by atoms with Crippen LogP contribution in [0.5, 0.6) is 0 Å². The third-order valence-corrected chi connectivity index (χ3v) is 2.51. The van der Waals surface area contributed by atoms with E-state index in [9.17, 15) is 8.78 Å². The van der Waals surface area contributed by atoms with E-state index in [0.29, 0.717) is 6.54 Å². The molecular weight excluding hydrogens is 218 g/mol. The zero-order valence-corrected chi connectivity index (χ0v) is 8.52. The summed E-state index contributed by atoms with van der Waals surface area (Å²) in [7, 11) is 0. The maximum Gasteiger partial charge on any atom is 0.146 e. The average Bonchev–Trinajstić information content (AvgIpc) is 2.72. The first-order chi connectivity index (χ1) is 7.25. The fraction of sp³-hybridized carbons (Fsp3) is 0.100. The highest BCUT2D eigenvalue weighted by atomic mass is 32.1. The molecule has 5 heteroatoms. The van der Waals surface area contributed by atoms with Gasteiger partial charge < -0.3 is 5.32 Å². The molecule has 2 nitrogen and oxygen atoms in total. The summed E-state index contributed by atoms with van der Waals surface area (Å²) >= 11 is 1.46. The molecule has 0 unspecified atom stereocenters. The molecule has 78 valence electrons. The highest BCUT2D eigenvalue weighted by molar-refractivity contribution is 7.07. The van der Waals surface area contributed by atoms with Crippen molar-refractivity contribution in [2.24, 2.45) is 0 Å². The molecule has 0 aliphatic carbocycles. The van der Waals surface area contributed by atoms with Gasteiger partial charge in [0.05, 0.1) is 23.4 Å². The Bertz CT molecular complexity index is 443. The SMILES string of the molecule is Fc1ccc(F)c(NCc2cscn2)c1. The monoisotopic (exact) mass is 226 g/mol. The third-order valence-electron chi connectivity index (χ3n) is 1.87. The van der Waals surface area contributed by atoms with Crippen LogP contribution in [0.4, 0.5) is 14.5 Å². The van der Waals surface area contributed by atoms with Crippen molar-refractivity contribution < 1.29 is 8.78 Å². The van der Waals surface area contributed by atoms with Crippen LogP contribution in [-0.4, -0.2) is 4.98 Å². The van der Waals surface area contributed by atoms with Crippen LogP contribution >= 0.6 is 11.3 Å². The molecule has 0 spiro atoms. The van der Waals surface area contributed by atoms with Crippen molar-refractivity contribution in [2.75, 3.05) is 5.32 Å². The number of nitrogens with one attached hydrogen (secondary N) is 1. The summed E-state index contributed by atoms with van der Waals surface area (Å²) in [4.78, 5) is 4.02. The minimum atomic E-state index is -0.466. The average molecular weight is 226 g/mol. The van der Waals surface area contributed by atoms with E-state index < -0.39 is 11.6 Å². The van der Waals surface area contributed by atoms with E-state index in [1.54, 1.807) is 5.51 Å². The second-order valence-corrected chi connectivity index (χ2v) is 3.68. The van der Waals surface area contributed by atoms with Crippen molar-refractivity contribution >= 4 is 17.0 Å². The molecule has 0 aliphatic rings. The van der Waals surface area contributed by atoms with E-state index in [1.807, 2.05) is 5.38 Å². The maximum atomic E-state index is 13.2. The summed E-state index contributed by atoms with van der Waals surface area (Å²) in [6.07, 6.45) is 0. The summed E-state index contributed by atoms with van der Waals surface area (Å²) in [5, 5.41) is 4.64. The normalized spacial score (nSPS) is 10.3. The van der Waals surface area contributed by atoms with Gasteiger partial charge in [-0.2, -0.15) is 0 Å². The van der Waals surface area contributed by atoms with Gasteiger partial charge in [-0.05, 0) is 18.2 Å². The van der Waals surface area contributed by atoms with Gasteiger partial charge in [-0.3, -0.25) is 0 Å². The number of nitrogens with zero attached hydrogens (tertiary/aromatic N) is 1. The van der Waals surface area contributed by atoms with Crippen molar-refractivity contribution in [1.82, 2.24) is 4.98 Å². The number of hydrogen-bond donors (Lipinski definition) is 1. The molecule has 0 bridgehead atoms. The van der Waals surface area contributed by atoms with Gasteiger partial charge in [0, 0.05) is 5.38 Å². The van der Waals surface area contributed by atoms with Crippen LogP contribution in [0, 0.1) is 11.6 Å². The molecule has 0 saturated carbocycles. The second-order valence-electron chi connectivity index (χ2n) is 2.96. The first-order valence-corrected chi connectivity index (χ1v) is 5.26. The van der Waals surface area contributed by atoms with Gasteiger partial charge in [0.15, 0.2) is 0 Å². The largest absolute Gasteiger partial charge is 0.377 e. The van der Waals surface area contributed by atoms with E-state index >= 15 is 0 Å². The van der Waals surface area contributed by atoms with Gasteiger partial charge in [-0.25, -0.2) is 13.8 Å². The van der Waals surface area contributed by atoms with E-state index in [1.165, 1.54) is 11.3 Å². The molecule has 0 amide bonds. The number of anilines is 1. The standard InChI is InChI=1S/C10H8F2N2S/c11-7-1-2-9(12)10(3-7)13-4-8-5-15-6-14-8/h1-3,5-6,13H,4H2. The molecule has 1 N–H and O–H groups in total. The highest BCUT2D eigenvalue weighted by Crippen LogP contribution is 2.16. The number of rotatable bonds is 3. The van der Waals surface area contributed by atoms with Crippen LogP contribution in [-0.2, 0) is 6.54 Å². The smallest absolute Gasteiger partial charge is 0.146 e. The van der Waals surface area contributed by atoms with Crippen LogP contribution < -0.4 is 5.32 Å². The van der Waals surface area contributed by atoms with Gasteiger partial charge in [-0.15, -0.1) is 11.3 Å². The molecule has 2 aromatic rings.